The average Bonchev–Trinajstić information content (AvgIpc) is 3.88. The zero-order valence-corrected chi connectivity index (χ0v) is 46.1. The van der Waals surface area contributed by atoms with Gasteiger partial charge in [-0.1, -0.05) is 180 Å². The molecule has 0 saturated heterocycles. The van der Waals surface area contributed by atoms with Crippen LogP contribution in [0.3, 0.4) is 0 Å². The van der Waals surface area contributed by atoms with Crippen LogP contribution in [0.1, 0.15) is 89.9 Å². The predicted octanol–water partition coefficient (Wildman–Crippen LogP) is 17.0. The zero-order valence-electron chi connectivity index (χ0n) is 43.0. The topological polar surface area (TPSA) is 109 Å². The number of hydrogen-bond acceptors (Lipinski definition) is 8. The van der Waals surface area contributed by atoms with Crippen molar-refractivity contribution in [1.29, 1.82) is 0 Å². The number of anilines is 4. The first-order valence-corrected chi connectivity index (χ1v) is 27.7. The molecule has 2 aliphatic carbocycles. The number of nitrogens with zero attached hydrogens (tertiary/aromatic N) is 1. The van der Waals surface area contributed by atoms with Crippen molar-refractivity contribution >= 4 is 86.6 Å². The van der Waals surface area contributed by atoms with Crippen molar-refractivity contribution in [3.05, 3.63) is 270 Å². The number of nitrogens with one attached hydrogen (secondary N) is 3. The van der Waals surface area contributed by atoms with Crippen LogP contribution in [-0.2, 0) is 27.6 Å². The lowest BCUT2D eigenvalue weighted by Gasteiger charge is -2.35. The van der Waals surface area contributed by atoms with Crippen LogP contribution in [-0.4, -0.2) is 17.5 Å². The van der Waals surface area contributed by atoms with Crippen molar-refractivity contribution in [2.75, 3.05) is 20.9 Å². The minimum absolute atomic E-state index is 0.0210. The van der Waals surface area contributed by atoms with Gasteiger partial charge >= 0.3 is 0 Å². The number of fused-ring (bicyclic) bond motifs is 2. The first-order valence-electron chi connectivity index (χ1n) is 26.2. The van der Waals surface area contributed by atoms with Gasteiger partial charge in [0.2, 0.25) is 5.91 Å². The molecule has 2 heterocycles. The number of halogens is 4. The molecule has 0 radical (unpaired) electrons. The number of para-hydroxylation sites is 6. The Morgan fingerprint density at radius 2 is 0.949 bits per heavy atom. The van der Waals surface area contributed by atoms with E-state index in [1.807, 2.05) is 164 Å². The van der Waals surface area contributed by atoms with Crippen molar-refractivity contribution in [3.63, 3.8) is 0 Å². The van der Waals surface area contributed by atoms with Gasteiger partial charge in [-0.2, -0.15) is 0 Å². The van der Waals surface area contributed by atoms with Crippen LogP contribution in [0.15, 0.2) is 217 Å². The number of ketones is 2. The van der Waals surface area contributed by atoms with E-state index in [1.165, 1.54) is 6.92 Å². The molecule has 8 aromatic carbocycles. The Balaban J connectivity index is 0.000000168. The van der Waals surface area contributed by atoms with Crippen molar-refractivity contribution in [2.24, 2.45) is 0 Å². The molecule has 8 aromatic rings. The second-order valence-electron chi connectivity index (χ2n) is 20.0. The molecule has 1 amide bonds. The smallest absolute Gasteiger partial charge is 0.224 e. The summed E-state index contributed by atoms with van der Waals surface area (Å²) in [6.07, 6.45) is 1.89. The van der Waals surface area contributed by atoms with Gasteiger partial charge in [0.15, 0.2) is 11.6 Å². The molecular weight excluding hydrogens is 1070 g/mol. The summed E-state index contributed by atoms with van der Waals surface area (Å²) in [5.41, 5.74) is 11.9. The summed E-state index contributed by atoms with van der Waals surface area (Å²) >= 11 is 25.8. The second-order valence-corrected chi connectivity index (χ2v) is 21.7. The standard InChI is InChI=1S/C34H28Cl2N2O3.C32H26Cl2N2O2/c1-21(39)38-30-13-7-6-12-28(30)37-29-17-23(18-31(40)33(29)34(38)26-16-15-24(35)19-27(26)36)25-11-5-8-14-32(25)41-20-22-9-3-2-4-10-22;33-22-14-15-24(25(34)18-22)32-31-28(35-26-11-5-6-12-27(26)36-32)16-21(17-29(31)37)23-10-4-7-13-30(23)38-19-20-8-2-1-3-9-20/h2-16,19,23,34,37H,17-18,20H2,1H3;1-15,18,21,32,35-36H,16-17,19H2. The molecular formula is C66H54Cl4N4O5. The predicted molar refractivity (Wildman–Crippen MR) is 318 cm³/mol. The molecule has 79 heavy (non-hydrogen) atoms. The molecule has 0 saturated carbocycles. The van der Waals surface area contributed by atoms with E-state index in [0.717, 1.165) is 67.8 Å². The molecule has 0 fully saturated rings. The Morgan fingerprint density at radius 3 is 1.51 bits per heavy atom. The highest BCUT2D eigenvalue weighted by Gasteiger charge is 2.42. The highest BCUT2D eigenvalue weighted by Crippen LogP contribution is 2.51. The highest BCUT2D eigenvalue weighted by molar-refractivity contribution is 6.36. The zero-order chi connectivity index (χ0) is 54.6. The van der Waals surface area contributed by atoms with Gasteiger partial charge in [0.05, 0.1) is 34.8 Å². The van der Waals surface area contributed by atoms with Gasteiger partial charge in [-0.25, -0.2) is 0 Å². The number of rotatable bonds is 10. The molecule has 2 aliphatic heterocycles. The number of ether oxygens (including phenoxy) is 2. The number of amides is 1. The molecule has 4 unspecified atom stereocenters. The Morgan fingerprint density at radius 1 is 0.494 bits per heavy atom. The first kappa shape index (κ1) is 53.2. The van der Waals surface area contributed by atoms with Crippen LogP contribution in [0.25, 0.3) is 0 Å². The third kappa shape index (κ3) is 11.5. The average molecular weight is 1120 g/mol. The van der Waals surface area contributed by atoms with Crippen molar-refractivity contribution in [2.45, 2.75) is 69.7 Å². The van der Waals surface area contributed by atoms with E-state index < -0.39 is 12.1 Å². The van der Waals surface area contributed by atoms with Crippen molar-refractivity contribution in [1.82, 2.24) is 0 Å². The van der Waals surface area contributed by atoms with E-state index in [2.05, 4.69) is 22.0 Å². The summed E-state index contributed by atoms with van der Waals surface area (Å²) in [4.78, 5) is 43.0. The summed E-state index contributed by atoms with van der Waals surface area (Å²) < 4.78 is 12.5. The Hall–Kier alpha value is -7.79. The van der Waals surface area contributed by atoms with Gasteiger partial charge in [0.25, 0.3) is 0 Å². The summed E-state index contributed by atoms with van der Waals surface area (Å²) in [7, 11) is 0. The van der Waals surface area contributed by atoms with E-state index in [0.29, 0.717) is 75.0 Å². The molecule has 0 spiro atoms. The molecule has 396 valence electrons. The third-order valence-electron chi connectivity index (χ3n) is 14.9. The number of carbonyl (C=O) groups is 3. The lowest BCUT2D eigenvalue weighted by atomic mass is 9.78. The van der Waals surface area contributed by atoms with Crippen LogP contribution in [0.4, 0.5) is 22.7 Å². The van der Waals surface area contributed by atoms with Gasteiger partial charge in [0, 0.05) is 74.2 Å². The quantitative estimate of drug-likeness (QED) is 0.124. The molecule has 12 rings (SSSR count). The second kappa shape index (κ2) is 23.7. The highest BCUT2D eigenvalue weighted by atomic mass is 35.5. The number of allylic oxidation sites excluding steroid dienone is 2. The number of Topliss-reactive ketones (excluding diaryl/α,β-unsaturated/α-hetero) is 2. The van der Waals surface area contributed by atoms with E-state index in [1.54, 1.807) is 29.2 Å². The van der Waals surface area contributed by atoms with Gasteiger partial charge in [0.1, 0.15) is 24.7 Å². The summed E-state index contributed by atoms with van der Waals surface area (Å²) in [6, 6.07) is 61.1. The van der Waals surface area contributed by atoms with Crippen LogP contribution in [0.2, 0.25) is 20.1 Å². The maximum atomic E-state index is 14.2. The van der Waals surface area contributed by atoms with E-state index in [4.69, 9.17) is 55.9 Å². The molecule has 0 aromatic heterocycles. The summed E-state index contributed by atoms with van der Waals surface area (Å²) in [5.74, 6) is 1.27. The first-order chi connectivity index (χ1) is 38.5. The molecule has 0 bridgehead atoms. The van der Waals surface area contributed by atoms with E-state index in [-0.39, 0.29) is 35.7 Å². The normalized spacial score (nSPS) is 18.4. The molecule has 4 atom stereocenters. The van der Waals surface area contributed by atoms with Gasteiger partial charge < -0.3 is 25.4 Å². The van der Waals surface area contributed by atoms with Gasteiger partial charge in [-0.3, -0.25) is 19.3 Å². The third-order valence-corrected chi connectivity index (χ3v) is 16.0. The Bertz CT molecular complexity index is 3680. The Labute approximate surface area is 479 Å². The number of benzene rings is 8. The molecule has 9 nitrogen and oxygen atoms in total. The van der Waals surface area contributed by atoms with Gasteiger partial charge in [-0.15, -0.1) is 0 Å². The lowest BCUT2D eigenvalue weighted by molar-refractivity contribution is -0.118. The monoisotopic (exact) mass is 1120 g/mol. The fourth-order valence-electron chi connectivity index (χ4n) is 11.2. The lowest BCUT2D eigenvalue weighted by Crippen LogP contribution is -2.37. The van der Waals surface area contributed by atoms with Gasteiger partial charge in [-0.05, 0) is 107 Å². The molecule has 4 aliphatic rings. The van der Waals surface area contributed by atoms with Crippen molar-refractivity contribution < 1.29 is 23.9 Å². The van der Waals surface area contributed by atoms with Crippen LogP contribution in [0, 0.1) is 0 Å². The minimum Gasteiger partial charge on any atom is -0.489 e. The van der Waals surface area contributed by atoms with Crippen LogP contribution in [0.5, 0.6) is 11.5 Å². The van der Waals surface area contributed by atoms with E-state index in [9.17, 15) is 14.4 Å². The molecule has 3 N–H and O–H groups in total. The largest absolute Gasteiger partial charge is 0.489 e. The van der Waals surface area contributed by atoms with E-state index >= 15 is 0 Å². The van der Waals surface area contributed by atoms with Crippen LogP contribution >= 0.6 is 46.4 Å². The van der Waals surface area contributed by atoms with Crippen molar-refractivity contribution in [3.8, 4) is 11.5 Å². The summed E-state index contributed by atoms with van der Waals surface area (Å²) in [6.45, 7) is 2.41. The summed E-state index contributed by atoms with van der Waals surface area (Å²) in [5, 5.41) is 12.7. The minimum atomic E-state index is -0.707. The fraction of sp³-hybridized carbons (Fsp3) is 0.167. The van der Waals surface area contributed by atoms with Crippen LogP contribution < -0.4 is 30.3 Å². The number of carbonyl (C=O) groups excluding carboxylic acids is 3. The molecule has 13 heteroatoms. The number of hydrogen-bond donors (Lipinski definition) is 3. The Kier molecular flexibility index (Phi) is 15.9. The maximum absolute atomic E-state index is 14.2. The fourth-order valence-corrected chi connectivity index (χ4v) is 12.3. The maximum Gasteiger partial charge on any atom is 0.224 e. The SMILES string of the molecule is CC(=O)N1c2ccccc2NC2=C(C(=O)CC(c3ccccc3OCc3ccccc3)C2)C1c1ccc(Cl)cc1Cl.O=C1CC(c2ccccc2OCc2ccccc2)CC2=C1C(c1ccc(Cl)cc1Cl)Nc1ccccc1N2.